The molecule has 0 radical (unpaired) electrons. The van der Waals surface area contributed by atoms with Crippen LogP contribution in [0.3, 0.4) is 0 Å². The molecule has 0 unspecified atom stereocenters. The fraction of sp³-hybridized carbons (Fsp3) is 0.190. The first kappa shape index (κ1) is 17.9. The maximum absolute atomic E-state index is 12.6. The zero-order chi connectivity index (χ0) is 19.3. The van der Waals surface area contributed by atoms with Crippen molar-refractivity contribution in [1.82, 2.24) is 24.3 Å². The number of nitrogens with zero attached hydrogens (tertiary/aromatic N) is 4. The maximum Gasteiger partial charge on any atom is 0.272 e. The van der Waals surface area contributed by atoms with Gasteiger partial charge in [-0.15, -0.1) is 0 Å². The number of methoxy groups -OCH3 is 1. The van der Waals surface area contributed by atoms with Gasteiger partial charge in [0, 0.05) is 32.6 Å². The molecule has 7 nitrogen and oxygen atoms in total. The van der Waals surface area contributed by atoms with Gasteiger partial charge in [-0.25, -0.2) is 9.97 Å². The molecule has 7 heteroatoms. The van der Waals surface area contributed by atoms with E-state index >= 15 is 0 Å². The highest BCUT2D eigenvalue weighted by Crippen LogP contribution is 2.21. The predicted octanol–water partition coefficient (Wildman–Crippen LogP) is 2.62. The third-order valence-electron chi connectivity index (χ3n) is 4.43. The van der Waals surface area contributed by atoms with Crippen LogP contribution in [-0.4, -0.2) is 45.1 Å². The van der Waals surface area contributed by atoms with Gasteiger partial charge in [-0.1, -0.05) is 36.4 Å². The lowest BCUT2D eigenvalue weighted by molar-refractivity contribution is 0.0934. The molecule has 3 aromatic heterocycles. The lowest BCUT2D eigenvalue weighted by Gasteiger charge is -2.02. The number of hydrogen-bond acceptors (Lipinski definition) is 4. The first-order valence-corrected chi connectivity index (χ1v) is 9.06. The van der Waals surface area contributed by atoms with Crippen LogP contribution in [0.25, 0.3) is 17.0 Å². The van der Waals surface area contributed by atoms with E-state index in [1.54, 1.807) is 13.4 Å². The normalized spacial score (nSPS) is 11.0. The average Bonchev–Trinajstić information content (AvgIpc) is 3.33. The third kappa shape index (κ3) is 3.65. The number of imidazole rings is 2. The Morgan fingerprint density at radius 1 is 1.14 bits per heavy atom. The molecule has 3 heterocycles. The van der Waals surface area contributed by atoms with Crippen LogP contribution in [0.2, 0.25) is 0 Å². The van der Waals surface area contributed by atoms with Gasteiger partial charge in [-0.2, -0.15) is 0 Å². The summed E-state index contributed by atoms with van der Waals surface area (Å²) in [5, 5.41) is 2.83. The van der Waals surface area contributed by atoms with Crippen LogP contribution in [0.15, 0.2) is 67.3 Å². The molecule has 1 aromatic carbocycles. The summed E-state index contributed by atoms with van der Waals surface area (Å²) in [4.78, 5) is 21.7. The summed E-state index contributed by atoms with van der Waals surface area (Å²) in [5.41, 5.74) is 3.03. The number of carbonyl (C=O) groups excluding carboxylic acids is 1. The molecule has 1 amide bonds. The summed E-state index contributed by atoms with van der Waals surface area (Å²) in [7, 11) is 1.60. The van der Waals surface area contributed by atoms with Crippen molar-refractivity contribution in [2.75, 3.05) is 20.3 Å². The van der Waals surface area contributed by atoms with Crippen LogP contribution in [0.4, 0.5) is 0 Å². The summed E-state index contributed by atoms with van der Waals surface area (Å²) in [6, 6.07) is 15.9. The van der Waals surface area contributed by atoms with Gasteiger partial charge in [0.25, 0.3) is 5.91 Å². The average molecular weight is 375 g/mol. The predicted molar refractivity (Wildman–Crippen MR) is 106 cm³/mol. The number of rotatable bonds is 7. The van der Waals surface area contributed by atoms with Crippen molar-refractivity contribution in [2.24, 2.45) is 0 Å². The summed E-state index contributed by atoms with van der Waals surface area (Å²) in [5.74, 6) is 0.412. The highest BCUT2D eigenvalue weighted by atomic mass is 16.5. The molecule has 0 saturated carbocycles. The maximum atomic E-state index is 12.6. The number of hydrogen-bond donors (Lipinski definition) is 1. The molecule has 0 fully saturated rings. The number of fused-ring (bicyclic) bond motifs is 1. The van der Waals surface area contributed by atoms with Crippen LogP contribution >= 0.6 is 0 Å². The lowest BCUT2D eigenvalue weighted by Crippen LogP contribution is -2.27. The summed E-state index contributed by atoms with van der Waals surface area (Å²) in [6.45, 7) is 1.61. The molecule has 1 N–H and O–H groups in total. The van der Waals surface area contributed by atoms with Crippen molar-refractivity contribution in [1.29, 1.82) is 0 Å². The van der Waals surface area contributed by atoms with Crippen molar-refractivity contribution in [3.63, 3.8) is 0 Å². The molecule has 0 spiro atoms. The van der Waals surface area contributed by atoms with E-state index in [-0.39, 0.29) is 5.91 Å². The number of carbonyl (C=O) groups is 1. The molecule has 0 aliphatic heterocycles. The topological polar surface area (TPSA) is 73.4 Å². The van der Waals surface area contributed by atoms with E-state index in [2.05, 4.69) is 27.4 Å². The SMILES string of the molecule is COCCNC(=O)c1nc(-c2cn(Cc3ccccc3)cn2)n2ccccc12. The van der Waals surface area contributed by atoms with Crippen molar-refractivity contribution < 1.29 is 9.53 Å². The van der Waals surface area contributed by atoms with E-state index in [4.69, 9.17) is 4.74 Å². The van der Waals surface area contributed by atoms with E-state index in [1.807, 2.05) is 57.8 Å². The largest absolute Gasteiger partial charge is 0.383 e. The summed E-state index contributed by atoms with van der Waals surface area (Å²) in [6.07, 6.45) is 5.62. The minimum Gasteiger partial charge on any atom is -0.383 e. The van der Waals surface area contributed by atoms with Crippen molar-refractivity contribution in [3.8, 4) is 11.5 Å². The van der Waals surface area contributed by atoms with E-state index < -0.39 is 0 Å². The minimum absolute atomic E-state index is 0.226. The fourth-order valence-corrected chi connectivity index (χ4v) is 3.09. The van der Waals surface area contributed by atoms with Gasteiger partial charge in [0.05, 0.1) is 18.5 Å². The Bertz CT molecular complexity index is 1080. The molecule has 0 atom stereocenters. The van der Waals surface area contributed by atoms with Crippen molar-refractivity contribution in [2.45, 2.75) is 6.54 Å². The van der Waals surface area contributed by atoms with Gasteiger partial charge in [-0.05, 0) is 17.7 Å². The van der Waals surface area contributed by atoms with Gasteiger partial charge in [0.15, 0.2) is 11.5 Å². The molecule has 0 saturated heterocycles. The van der Waals surface area contributed by atoms with Gasteiger partial charge in [-0.3, -0.25) is 9.20 Å². The van der Waals surface area contributed by atoms with Crippen LogP contribution < -0.4 is 5.32 Å². The van der Waals surface area contributed by atoms with Crippen LogP contribution in [0.5, 0.6) is 0 Å². The van der Waals surface area contributed by atoms with Gasteiger partial charge >= 0.3 is 0 Å². The van der Waals surface area contributed by atoms with Crippen LogP contribution in [0.1, 0.15) is 16.1 Å². The number of aromatic nitrogens is 4. The second kappa shape index (κ2) is 8.06. The zero-order valence-electron chi connectivity index (χ0n) is 15.6. The Kier molecular flexibility index (Phi) is 5.16. The fourth-order valence-electron chi connectivity index (χ4n) is 3.09. The standard InChI is InChI=1S/C21H21N5O2/c1-28-12-10-22-21(27)19-18-9-5-6-11-26(18)20(24-19)17-14-25(15-23-17)13-16-7-3-2-4-8-16/h2-9,11,14-15H,10,12-13H2,1H3,(H,22,27). The highest BCUT2D eigenvalue weighted by Gasteiger charge is 2.19. The smallest absolute Gasteiger partial charge is 0.272 e. The molecule has 0 aliphatic rings. The second-order valence-corrected chi connectivity index (χ2v) is 6.41. The van der Waals surface area contributed by atoms with E-state index in [1.165, 1.54) is 5.56 Å². The zero-order valence-corrected chi connectivity index (χ0v) is 15.6. The molecular weight excluding hydrogens is 354 g/mol. The van der Waals surface area contributed by atoms with E-state index in [9.17, 15) is 4.79 Å². The first-order valence-electron chi connectivity index (χ1n) is 9.06. The summed E-state index contributed by atoms with van der Waals surface area (Å²) >= 11 is 0. The molecule has 0 bridgehead atoms. The molecule has 4 aromatic rings. The van der Waals surface area contributed by atoms with Gasteiger partial charge < -0.3 is 14.6 Å². The first-order chi connectivity index (χ1) is 13.8. The van der Waals surface area contributed by atoms with Crippen LogP contribution in [-0.2, 0) is 11.3 Å². The molecular formula is C21H21N5O2. The highest BCUT2D eigenvalue weighted by molar-refractivity contribution is 5.99. The quantitative estimate of drug-likeness (QED) is 0.504. The van der Waals surface area contributed by atoms with Gasteiger partial charge in [0.1, 0.15) is 5.69 Å². The Morgan fingerprint density at radius 2 is 1.96 bits per heavy atom. The minimum atomic E-state index is -0.226. The van der Waals surface area contributed by atoms with Crippen molar-refractivity contribution >= 4 is 11.4 Å². The molecule has 142 valence electrons. The second-order valence-electron chi connectivity index (χ2n) is 6.41. The lowest BCUT2D eigenvalue weighted by atomic mass is 10.2. The number of nitrogens with one attached hydrogen (secondary N) is 1. The Balaban J connectivity index is 1.65. The Morgan fingerprint density at radius 3 is 2.79 bits per heavy atom. The monoisotopic (exact) mass is 375 g/mol. The number of amides is 1. The number of ether oxygens (including phenoxy) is 1. The van der Waals surface area contributed by atoms with Crippen molar-refractivity contribution in [3.05, 3.63) is 78.5 Å². The van der Waals surface area contributed by atoms with E-state index in [0.717, 1.165) is 12.1 Å². The molecule has 4 rings (SSSR count). The Labute approximate surface area is 162 Å². The number of benzene rings is 1. The Hall–Kier alpha value is -3.45. The number of pyridine rings is 1. The van der Waals surface area contributed by atoms with Gasteiger partial charge in [0.2, 0.25) is 0 Å². The summed E-state index contributed by atoms with van der Waals surface area (Å²) < 4.78 is 8.88. The third-order valence-corrected chi connectivity index (χ3v) is 4.43. The van der Waals surface area contributed by atoms with Crippen LogP contribution in [0, 0.1) is 0 Å². The molecule has 28 heavy (non-hydrogen) atoms. The molecule has 0 aliphatic carbocycles. The van der Waals surface area contributed by atoms with E-state index in [0.29, 0.717) is 30.4 Å².